The minimum atomic E-state index is -0.281. The van der Waals surface area contributed by atoms with Crippen LogP contribution in [0.3, 0.4) is 0 Å². The third-order valence-electron chi connectivity index (χ3n) is 5.46. The maximum absolute atomic E-state index is 13.4. The van der Waals surface area contributed by atoms with E-state index in [9.17, 15) is 4.79 Å². The third-order valence-corrected chi connectivity index (χ3v) is 5.46. The van der Waals surface area contributed by atoms with Crippen molar-refractivity contribution in [2.24, 2.45) is 0 Å². The minimum Gasteiger partial charge on any atom is -0.340 e. The fourth-order valence-electron chi connectivity index (χ4n) is 3.79. The van der Waals surface area contributed by atoms with Crippen LogP contribution in [0.25, 0.3) is 0 Å². The number of carbonyl (C=O) groups excluding carboxylic acids is 1. The lowest BCUT2D eigenvalue weighted by atomic mass is 9.89. The second-order valence-corrected chi connectivity index (χ2v) is 7.59. The van der Waals surface area contributed by atoms with E-state index < -0.39 is 0 Å². The first-order valence-corrected chi connectivity index (χ1v) is 10.1. The number of carbonyl (C=O) groups is 1. The van der Waals surface area contributed by atoms with Crippen molar-refractivity contribution in [1.29, 1.82) is 0 Å². The van der Waals surface area contributed by atoms with Crippen molar-refractivity contribution in [1.82, 2.24) is 10.2 Å². The predicted molar refractivity (Wildman–Crippen MR) is 112 cm³/mol. The SMILES string of the molecule is CCC(NC(=O)C(c1ccc(C)cc1)c1ccc(C)cc1)N1CC[CH]CC1. The Morgan fingerprint density at radius 1 is 0.926 bits per heavy atom. The van der Waals surface area contributed by atoms with Gasteiger partial charge in [-0.3, -0.25) is 9.69 Å². The van der Waals surface area contributed by atoms with Crippen LogP contribution in [-0.4, -0.2) is 30.1 Å². The standard InChI is InChI=1S/C24H31N2O/c1-4-22(26-16-6-5-7-17-26)25-24(27)23(20-12-8-18(2)9-13-20)21-14-10-19(3)11-15-21/h5,8-15,22-23H,4,6-7,16-17H2,1-3H3,(H,25,27). The van der Waals surface area contributed by atoms with Crippen molar-refractivity contribution in [3.63, 3.8) is 0 Å². The van der Waals surface area contributed by atoms with Gasteiger partial charge in [0, 0.05) is 13.1 Å². The molecule has 3 nitrogen and oxygen atoms in total. The summed E-state index contributed by atoms with van der Waals surface area (Å²) in [7, 11) is 0. The maximum Gasteiger partial charge on any atom is 0.233 e. The van der Waals surface area contributed by atoms with E-state index in [2.05, 4.69) is 85.9 Å². The summed E-state index contributed by atoms with van der Waals surface area (Å²) in [4.78, 5) is 15.8. The monoisotopic (exact) mass is 363 g/mol. The molecule has 2 aromatic carbocycles. The Morgan fingerprint density at radius 3 is 1.85 bits per heavy atom. The highest BCUT2D eigenvalue weighted by Gasteiger charge is 2.27. The lowest BCUT2D eigenvalue weighted by molar-refractivity contribution is -0.123. The normalized spacial score (nSPS) is 16.3. The zero-order valence-corrected chi connectivity index (χ0v) is 16.7. The van der Waals surface area contributed by atoms with Crippen LogP contribution < -0.4 is 5.32 Å². The molecular formula is C24H31N2O. The van der Waals surface area contributed by atoms with E-state index in [1.807, 2.05) is 0 Å². The summed E-state index contributed by atoms with van der Waals surface area (Å²) in [5, 5.41) is 3.34. The summed E-state index contributed by atoms with van der Waals surface area (Å²) in [6, 6.07) is 16.7. The van der Waals surface area contributed by atoms with Crippen molar-refractivity contribution in [2.75, 3.05) is 13.1 Å². The molecule has 143 valence electrons. The molecule has 1 aliphatic rings. The van der Waals surface area contributed by atoms with Gasteiger partial charge in [-0.05, 0) is 50.7 Å². The van der Waals surface area contributed by atoms with Crippen molar-refractivity contribution in [3.8, 4) is 0 Å². The van der Waals surface area contributed by atoms with Gasteiger partial charge in [0.25, 0.3) is 0 Å². The molecule has 0 bridgehead atoms. The highest BCUT2D eigenvalue weighted by atomic mass is 16.2. The summed E-state index contributed by atoms with van der Waals surface area (Å²) in [6.45, 7) is 8.35. The Bertz CT molecular complexity index is 684. The molecule has 1 fully saturated rings. The van der Waals surface area contributed by atoms with Crippen LogP contribution >= 0.6 is 0 Å². The van der Waals surface area contributed by atoms with E-state index in [-0.39, 0.29) is 18.0 Å². The van der Waals surface area contributed by atoms with Crippen molar-refractivity contribution >= 4 is 5.91 Å². The fraction of sp³-hybridized carbons (Fsp3) is 0.417. The van der Waals surface area contributed by atoms with Crippen molar-refractivity contribution in [3.05, 3.63) is 77.2 Å². The summed E-state index contributed by atoms with van der Waals surface area (Å²) in [5.41, 5.74) is 4.50. The number of amides is 1. The first kappa shape index (κ1) is 19.6. The molecule has 0 saturated carbocycles. The van der Waals surface area contributed by atoms with E-state index in [4.69, 9.17) is 0 Å². The zero-order chi connectivity index (χ0) is 19.2. The highest BCUT2D eigenvalue weighted by molar-refractivity contribution is 5.87. The lowest BCUT2D eigenvalue weighted by Gasteiger charge is -2.35. The first-order valence-electron chi connectivity index (χ1n) is 10.1. The van der Waals surface area contributed by atoms with Crippen molar-refractivity contribution < 1.29 is 4.79 Å². The number of aryl methyl sites for hydroxylation is 2. The van der Waals surface area contributed by atoms with E-state index in [0.29, 0.717) is 0 Å². The number of hydrogen-bond acceptors (Lipinski definition) is 2. The van der Waals surface area contributed by atoms with Gasteiger partial charge in [-0.1, -0.05) is 66.6 Å². The Balaban J connectivity index is 1.85. The van der Waals surface area contributed by atoms with Crippen LogP contribution in [0.4, 0.5) is 0 Å². The quantitative estimate of drug-likeness (QED) is 0.814. The van der Waals surface area contributed by atoms with Crippen LogP contribution in [0.2, 0.25) is 0 Å². The van der Waals surface area contributed by atoms with Crippen LogP contribution in [-0.2, 0) is 4.79 Å². The molecule has 0 aliphatic carbocycles. The predicted octanol–water partition coefficient (Wildman–Crippen LogP) is 4.59. The maximum atomic E-state index is 13.4. The van der Waals surface area contributed by atoms with Gasteiger partial charge in [-0.25, -0.2) is 0 Å². The Hall–Kier alpha value is -2.13. The molecule has 1 unspecified atom stereocenters. The zero-order valence-electron chi connectivity index (χ0n) is 16.7. The number of likely N-dealkylation sites (tertiary alicyclic amines) is 1. The number of hydrogen-bond donors (Lipinski definition) is 1. The van der Waals surface area contributed by atoms with Crippen LogP contribution in [0.15, 0.2) is 48.5 Å². The third kappa shape index (κ3) is 4.98. The van der Waals surface area contributed by atoms with E-state index in [0.717, 1.165) is 43.5 Å². The molecule has 1 N–H and O–H groups in total. The van der Waals surface area contributed by atoms with Gasteiger partial charge < -0.3 is 5.32 Å². The Kier molecular flexibility index (Phi) is 6.68. The number of rotatable bonds is 6. The average Bonchev–Trinajstić information content (AvgIpc) is 2.70. The Labute approximate surface area is 163 Å². The number of nitrogens with zero attached hydrogens (tertiary/aromatic N) is 1. The van der Waals surface area contributed by atoms with Gasteiger partial charge in [0.2, 0.25) is 5.91 Å². The van der Waals surface area contributed by atoms with E-state index in [1.54, 1.807) is 0 Å². The summed E-state index contributed by atoms with van der Waals surface area (Å²) in [6.07, 6.45) is 5.56. The molecule has 1 radical (unpaired) electrons. The summed E-state index contributed by atoms with van der Waals surface area (Å²) in [5.74, 6) is -0.194. The second-order valence-electron chi connectivity index (χ2n) is 7.59. The molecule has 27 heavy (non-hydrogen) atoms. The van der Waals surface area contributed by atoms with Gasteiger partial charge in [-0.2, -0.15) is 0 Å². The van der Waals surface area contributed by atoms with Gasteiger partial charge in [0.15, 0.2) is 0 Å². The summed E-state index contributed by atoms with van der Waals surface area (Å²) >= 11 is 0. The number of benzene rings is 2. The van der Waals surface area contributed by atoms with Gasteiger partial charge in [0.05, 0.1) is 12.1 Å². The van der Waals surface area contributed by atoms with Gasteiger partial charge in [-0.15, -0.1) is 0 Å². The van der Waals surface area contributed by atoms with Crippen LogP contribution in [0, 0.1) is 20.3 Å². The molecule has 1 atom stereocenters. The number of nitrogens with one attached hydrogen (secondary N) is 1. The molecule has 3 rings (SSSR count). The van der Waals surface area contributed by atoms with Crippen LogP contribution in [0.1, 0.15) is 54.4 Å². The molecule has 1 aliphatic heterocycles. The summed E-state index contributed by atoms with van der Waals surface area (Å²) < 4.78 is 0. The largest absolute Gasteiger partial charge is 0.340 e. The lowest BCUT2D eigenvalue weighted by Crippen LogP contribution is -2.51. The minimum absolute atomic E-state index is 0.0871. The molecule has 0 aromatic heterocycles. The van der Waals surface area contributed by atoms with Gasteiger partial charge in [0.1, 0.15) is 0 Å². The first-order chi connectivity index (χ1) is 13.1. The fourth-order valence-corrected chi connectivity index (χ4v) is 3.79. The molecule has 1 amide bonds. The Morgan fingerprint density at radius 2 is 1.41 bits per heavy atom. The van der Waals surface area contributed by atoms with E-state index >= 15 is 0 Å². The van der Waals surface area contributed by atoms with Crippen molar-refractivity contribution in [2.45, 2.75) is 52.1 Å². The smallest absolute Gasteiger partial charge is 0.233 e. The molecular weight excluding hydrogens is 332 g/mol. The molecule has 1 saturated heterocycles. The molecule has 0 spiro atoms. The highest BCUT2D eigenvalue weighted by Crippen LogP contribution is 2.26. The molecule has 1 heterocycles. The topological polar surface area (TPSA) is 32.3 Å². The average molecular weight is 364 g/mol. The molecule has 2 aromatic rings. The van der Waals surface area contributed by atoms with E-state index in [1.165, 1.54) is 11.1 Å². The van der Waals surface area contributed by atoms with Crippen LogP contribution in [0.5, 0.6) is 0 Å². The second kappa shape index (κ2) is 9.18. The molecule has 3 heteroatoms. The number of piperidine rings is 1. The van der Waals surface area contributed by atoms with Gasteiger partial charge >= 0.3 is 0 Å².